The normalized spacial score (nSPS) is 11.3. The van der Waals surface area contributed by atoms with Gasteiger partial charge in [0.2, 0.25) is 0 Å². The van der Waals surface area contributed by atoms with E-state index in [9.17, 15) is 4.79 Å². The summed E-state index contributed by atoms with van der Waals surface area (Å²) in [6.45, 7) is 9.72. The van der Waals surface area contributed by atoms with Crippen molar-refractivity contribution < 1.29 is 4.79 Å². The van der Waals surface area contributed by atoms with Gasteiger partial charge >= 0.3 is 0 Å². The third kappa shape index (κ3) is 3.35. The number of carbonyl (C=O) groups excluding carboxylic acids is 1. The zero-order valence-electron chi connectivity index (χ0n) is 10.0. The van der Waals surface area contributed by atoms with Gasteiger partial charge in [0, 0.05) is 11.7 Å². The lowest BCUT2D eigenvalue weighted by molar-refractivity contribution is 0.0913. The molecule has 3 heteroatoms. The fourth-order valence-electron chi connectivity index (χ4n) is 1.35. The molecule has 0 aliphatic rings. The van der Waals surface area contributed by atoms with E-state index in [2.05, 4.69) is 10.3 Å². The van der Waals surface area contributed by atoms with Crippen molar-refractivity contribution in [2.75, 3.05) is 0 Å². The highest BCUT2D eigenvalue weighted by Crippen LogP contribution is 2.08. The van der Waals surface area contributed by atoms with Gasteiger partial charge in [0.15, 0.2) is 0 Å². The molecule has 1 heterocycles. The van der Waals surface area contributed by atoms with Crippen LogP contribution in [0.5, 0.6) is 0 Å². The number of aryl methyl sites for hydroxylation is 2. The predicted molar refractivity (Wildman–Crippen MR) is 60.9 cm³/mol. The van der Waals surface area contributed by atoms with Gasteiger partial charge in [0.1, 0.15) is 5.69 Å². The number of aromatic nitrogens is 1. The maximum atomic E-state index is 11.8. The Bertz CT molecular complexity index is 378. The van der Waals surface area contributed by atoms with E-state index in [-0.39, 0.29) is 11.4 Å². The molecule has 0 aliphatic carbocycles. The van der Waals surface area contributed by atoms with Crippen molar-refractivity contribution in [3.05, 3.63) is 29.1 Å². The number of amides is 1. The van der Waals surface area contributed by atoms with Crippen molar-refractivity contribution in [3.63, 3.8) is 0 Å². The molecule has 0 unspecified atom stereocenters. The molecule has 0 aromatic carbocycles. The molecule has 0 atom stereocenters. The van der Waals surface area contributed by atoms with Gasteiger partial charge in [-0.15, -0.1) is 0 Å². The standard InChI is InChI=1S/C12H18N2O/c1-8-6-9(2)10(13-7-8)11(15)14-12(3,4)5/h6-7H,1-5H3,(H,14,15). The maximum Gasteiger partial charge on any atom is 0.270 e. The summed E-state index contributed by atoms with van der Waals surface area (Å²) in [5, 5.41) is 2.89. The molecule has 0 saturated carbocycles. The summed E-state index contributed by atoms with van der Waals surface area (Å²) in [6.07, 6.45) is 1.71. The number of nitrogens with one attached hydrogen (secondary N) is 1. The first kappa shape index (κ1) is 11.7. The van der Waals surface area contributed by atoms with Crippen LogP contribution in [0.15, 0.2) is 12.3 Å². The minimum absolute atomic E-state index is 0.111. The second kappa shape index (κ2) is 4.01. The summed E-state index contributed by atoms with van der Waals surface area (Å²) < 4.78 is 0. The Labute approximate surface area is 90.9 Å². The Morgan fingerprint density at radius 3 is 2.40 bits per heavy atom. The van der Waals surface area contributed by atoms with E-state index in [4.69, 9.17) is 0 Å². The number of nitrogens with zero attached hydrogens (tertiary/aromatic N) is 1. The summed E-state index contributed by atoms with van der Waals surface area (Å²) in [7, 11) is 0. The van der Waals surface area contributed by atoms with Crippen molar-refractivity contribution in [3.8, 4) is 0 Å². The smallest absolute Gasteiger partial charge is 0.270 e. The van der Waals surface area contributed by atoms with Gasteiger partial charge in [0.25, 0.3) is 5.91 Å². The zero-order chi connectivity index (χ0) is 11.6. The molecule has 0 aliphatic heterocycles. The number of hydrogen-bond donors (Lipinski definition) is 1. The first-order valence-electron chi connectivity index (χ1n) is 5.05. The molecule has 1 N–H and O–H groups in total. The highest BCUT2D eigenvalue weighted by molar-refractivity contribution is 5.94. The molecule has 0 fully saturated rings. The monoisotopic (exact) mass is 206 g/mol. The molecular formula is C12H18N2O. The Kier molecular flexibility index (Phi) is 3.12. The van der Waals surface area contributed by atoms with Gasteiger partial charge in [-0.2, -0.15) is 0 Å². The van der Waals surface area contributed by atoms with Crippen molar-refractivity contribution in [1.29, 1.82) is 0 Å². The molecule has 1 aromatic heterocycles. The summed E-state index contributed by atoms with van der Waals surface area (Å²) in [4.78, 5) is 16.0. The van der Waals surface area contributed by atoms with Gasteiger partial charge in [-0.25, -0.2) is 0 Å². The van der Waals surface area contributed by atoms with Crippen LogP contribution in [-0.4, -0.2) is 16.4 Å². The van der Waals surface area contributed by atoms with Gasteiger partial charge in [0.05, 0.1) is 0 Å². The lowest BCUT2D eigenvalue weighted by Crippen LogP contribution is -2.41. The molecule has 82 valence electrons. The van der Waals surface area contributed by atoms with Crippen LogP contribution in [0, 0.1) is 13.8 Å². The van der Waals surface area contributed by atoms with E-state index < -0.39 is 0 Å². The second-order valence-corrected chi connectivity index (χ2v) is 4.88. The quantitative estimate of drug-likeness (QED) is 0.765. The number of rotatable bonds is 1. The average molecular weight is 206 g/mol. The maximum absolute atomic E-state index is 11.8. The molecule has 0 radical (unpaired) electrons. The Morgan fingerprint density at radius 2 is 1.93 bits per heavy atom. The van der Waals surface area contributed by atoms with Crippen LogP contribution < -0.4 is 5.32 Å². The van der Waals surface area contributed by atoms with Crippen LogP contribution in [-0.2, 0) is 0 Å². The largest absolute Gasteiger partial charge is 0.346 e. The Hall–Kier alpha value is -1.38. The molecule has 3 nitrogen and oxygen atoms in total. The van der Waals surface area contributed by atoms with Crippen LogP contribution in [0.4, 0.5) is 0 Å². The number of hydrogen-bond acceptors (Lipinski definition) is 2. The van der Waals surface area contributed by atoms with Crippen molar-refractivity contribution in [2.24, 2.45) is 0 Å². The molecule has 1 amide bonds. The van der Waals surface area contributed by atoms with Crippen LogP contribution >= 0.6 is 0 Å². The molecular weight excluding hydrogens is 188 g/mol. The highest BCUT2D eigenvalue weighted by atomic mass is 16.2. The molecule has 0 bridgehead atoms. The zero-order valence-corrected chi connectivity index (χ0v) is 10.0. The SMILES string of the molecule is Cc1cnc(C(=O)NC(C)(C)C)c(C)c1. The van der Waals surface area contributed by atoms with E-state index in [1.165, 1.54) is 0 Å². The van der Waals surface area contributed by atoms with Crippen molar-refractivity contribution in [1.82, 2.24) is 10.3 Å². The van der Waals surface area contributed by atoms with Crippen molar-refractivity contribution >= 4 is 5.91 Å². The van der Waals surface area contributed by atoms with Crippen LogP contribution in [0.1, 0.15) is 42.4 Å². The lowest BCUT2D eigenvalue weighted by atomic mass is 10.1. The van der Waals surface area contributed by atoms with Gasteiger partial charge < -0.3 is 5.32 Å². The van der Waals surface area contributed by atoms with Crippen LogP contribution in [0.25, 0.3) is 0 Å². The van der Waals surface area contributed by atoms with Gasteiger partial charge in [-0.3, -0.25) is 9.78 Å². The fourth-order valence-corrected chi connectivity index (χ4v) is 1.35. The first-order chi connectivity index (χ1) is 6.79. The summed E-state index contributed by atoms with van der Waals surface area (Å²) >= 11 is 0. The summed E-state index contributed by atoms with van der Waals surface area (Å²) in [5.74, 6) is -0.111. The minimum Gasteiger partial charge on any atom is -0.346 e. The molecule has 15 heavy (non-hydrogen) atoms. The summed E-state index contributed by atoms with van der Waals surface area (Å²) in [5.41, 5.74) is 2.27. The molecule has 0 saturated heterocycles. The third-order valence-corrected chi connectivity index (χ3v) is 1.92. The van der Waals surface area contributed by atoms with E-state index >= 15 is 0 Å². The van der Waals surface area contributed by atoms with Crippen molar-refractivity contribution in [2.45, 2.75) is 40.2 Å². The predicted octanol–water partition coefficient (Wildman–Crippen LogP) is 2.23. The molecule has 0 spiro atoms. The van der Waals surface area contributed by atoms with Gasteiger partial charge in [-0.05, 0) is 45.7 Å². The van der Waals surface area contributed by atoms with Crippen LogP contribution in [0.2, 0.25) is 0 Å². The Balaban J connectivity index is 2.92. The topological polar surface area (TPSA) is 42.0 Å². The molecule has 1 rings (SSSR count). The first-order valence-corrected chi connectivity index (χ1v) is 5.05. The third-order valence-electron chi connectivity index (χ3n) is 1.92. The second-order valence-electron chi connectivity index (χ2n) is 4.88. The average Bonchev–Trinajstić information content (AvgIpc) is 1.99. The van der Waals surface area contributed by atoms with E-state index in [1.807, 2.05) is 40.7 Å². The van der Waals surface area contributed by atoms with E-state index in [0.717, 1.165) is 11.1 Å². The molecule has 1 aromatic rings. The minimum atomic E-state index is -0.226. The van der Waals surface area contributed by atoms with Gasteiger partial charge in [-0.1, -0.05) is 6.07 Å². The number of carbonyl (C=O) groups is 1. The summed E-state index contributed by atoms with van der Waals surface area (Å²) in [6, 6.07) is 1.96. The highest BCUT2D eigenvalue weighted by Gasteiger charge is 2.17. The Morgan fingerprint density at radius 1 is 1.33 bits per heavy atom. The fraction of sp³-hybridized carbons (Fsp3) is 0.500. The van der Waals surface area contributed by atoms with E-state index in [0.29, 0.717) is 5.69 Å². The van der Waals surface area contributed by atoms with Crippen LogP contribution in [0.3, 0.4) is 0 Å². The lowest BCUT2D eigenvalue weighted by Gasteiger charge is -2.20. The number of pyridine rings is 1. The van der Waals surface area contributed by atoms with E-state index in [1.54, 1.807) is 6.20 Å².